The summed E-state index contributed by atoms with van der Waals surface area (Å²) in [4.78, 5) is 11.4. The van der Waals surface area contributed by atoms with Gasteiger partial charge < -0.3 is 5.11 Å². The summed E-state index contributed by atoms with van der Waals surface area (Å²) in [6.45, 7) is 5.41. The average molecular weight is 190 g/mol. The first-order valence-corrected chi connectivity index (χ1v) is 4.51. The Kier molecular flexibility index (Phi) is 3.60. The van der Waals surface area contributed by atoms with E-state index in [0.29, 0.717) is 5.56 Å². The second kappa shape index (κ2) is 4.72. The van der Waals surface area contributed by atoms with Crippen molar-refractivity contribution in [3.05, 3.63) is 48.0 Å². The highest BCUT2D eigenvalue weighted by molar-refractivity contribution is 5.85. The molecule has 0 saturated carbocycles. The smallest absolute Gasteiger partial charge is 0.169 e. The summed E-state index contributed by atoms with van der Waals surface area (Å²) in [6.07, 6.45) is -0.788. The lowest BCUT2D eigenvalue weighted by atomic mass is 10.0. The third-order valence-electron chi connectivity index (χ3n) is 1.90. The summed E-state index contributed by atoms with van der Waals surface area (Å²) >= 11 is 0. The molecule has 0 bridgehead atoms. The largest absolute Gasteiger partial charge is 0.381 e. The third-order valence-corrected chi connectivity index (χ3v) is 1.90. The quantitative estimate of drug-likeness (QED) is 0.739. The van der Waals surface area contributed by atoms with E-state index in [9.17, 15) is 9.90 Å². The maximum Gasteiger partial charge on any atom is 0.169 e. The van der Waals surface area contributed by atoms with Crippen LogP contribution in [0.2, 0.25) is 0 Å². The van der Waals surface area contributed by atoms with Crippen molar-refractivity contribution in [2.75, 3.05) is 0 Å². The second-order valence-electron chi connectivity index (χ2n) is 3.41. The molecule has 0 amide bonds. The van der Waals surface area contributed by atoms with Crippen molar-refractivity contribution in [3.8, 4) is 0 Å². The summed E-state index contributed by atoms with van der Waals surface area (Å²) < 4.78 is 0. The van der Waals surface area contributed by atoms with E-state index in [4.69, 9.17) is 0 Å². The van der Waals surface area contributed by atoms with Gasteiger partial charge in [-0.05, 0) is 12.5 Å². The van der Waals surface area contributed by atoms with Crippen molar-refractivity contribution in [1.82, 2.24) is 0 Å². The van der Waals surface area contributed by atoms with Crippen LogP contribution in [-0.2, 0) is 4.79 Å². The van der Waals surface area contributed by atoms with Crippen LogP contribution in [0.15, 0.2) is 42.5 Å². The van der Waals surface area contributed by atoms with Gasteiger partial charge in [0, 0.05) is 6.42 Å². The number of hydrogen-bond acceptors (Lipinski definition) is 2. The molecule has 1 atom stereocenters. The fraction of sp³-hybridized carbons (Fsp3) is 0.250. The van der Waals surface area contributed by atoms with E-state index in [2.05, 4.69) is 6.58 Å². The molecule has 1 aromatic carbocycles. The molecule has 0 saturated heterocycles. The lowest BCUT2D eigenvalue weighted by Crippen LogP contribution is -2.11. The molecular weight excluding hydrogens is 176 g/mol. The van der Waals surface area contributed by atoms with Crippen molar-refractivity contribution >= 4 is 5.78 Å². The number of rotatable bonds is 4. The molecular formula is C12H14O2. The summed E-state index contributed by atoms with van der Waals surface area (Å²) in [5.41, 5.74) is 1.41. The Morgan fingerprint density at radius 1 is 1.43 bits per heavy atom. The molecule has 1 aromatic rings. The summed E-state index contributed by atoms with van der Waals surface area (Å²) in [7, 11) is 0. The molecule has 0 aliphatic heterocycles. The van der Waals surface area contributed by atoms with Crippen LogP contribution in [0.1, 0.15) is 25.0 Å². The maximum atomic E-state index is 11.4. The van der Waals surface area contributed by atoms with E-state index >= 15 is 0 Å². The third kappa shape index (κ3) is 2.82. The zero-order chi connectivity index (χ0) is 10.6. The number of carbonyl (C=O) groups is 1. The van der Waals surface area contributed by atoms with Crippen molar-refractivity contribution in [1.29, 1.82) is 0 Å². The number of benzene rings is 1. The Hall–Kier alpha value is -1.41. The molecule has 0 spiro atoms. The highest BCUT2D eigenvalue weighted by Gasteiger charge is 2.16. The molecule has 14 heavy (non-hydrogen) atoms. The van der Waals surface area contributed by atoms with E-state index in [-0.39, 0.29) is 12.2 Å². The average Bonchev–Trinajstić information content (AvgIpc) is 2.17. The number of ketones is 1. The highest BCUT2D eigenvalue weighted by Crippen LogP contribution is 2.16. The van der Waals surface area contributed by atoms with E-state index in [1.165, 1.54) is 0 Å². The van der Waals surface area contributed by atoms with Crippen LogP contribution in [0, 0.1) is 0 Å². The topological polar surface area (TPSA) is 37.3 Å². The minimum Gasteiger partial charge on any atom is -0.381 e. The Labute approximate surface area is 83.9 Å². The van der Waals surface area contributed by atoms with Gasteiger partial charge in [-0.15, -0.1) is 0 Å². The minimum absolute atomic E-state index is 0.205. The zero-order valence-corrected chi connectivity index (χ0v) is 8.23. The first kappa shape index (κ1) is 10.7. The number of allylic oxidation sites excluding steroid dienone is 1. The fourth-order valence-electron chi connectivity index (χ4n) is 1.22. The molecule has 2 nitrogen and oxygen atoms in total. The van der Waals surface area contributed by atoms with Gasteiger partial charge in [-0.2, -0.15) is 0 Å². The lowest BCUT2D eigenvalue weighted by molar-refractivity contribution is -0.126. The Morgan fingerprint density at radius 2 is 2.00 bits per heavy atom. The van der Waals surface area contributed by atoms with Crippen LogP contribution >= 0.6 is 0 Å². The Morgan fingerprint density at radius 3 is 2.50 bits per heavy atom. The van der Waals surface area contributed by atoms with Gasteiger partial charge in [0.05, 0.1) is 0 Å². The number of carbonyl (C=O) groups excluding carboxylic acids is 1. The molecule has 0 heterocycles. The molecule has 0 radical (unpaired) electrons. The summed E-state index contributed by atoms with van der Waals surface area (Å²) in [5.74, 6) is -0.205. The van der Waals surface area contributed by atoms with Crippen LogP contribution < -0.4 is 0 Å². The second-order valence-corrected chi connectivity index (χ2v) is 3.41. The van der Waals surface area contributed by atoms with Gasteiger partial charge in [0.25, 0.3) is 0 Å². The molecule has 0 aromatic heterocycles. The standard InChI is InChI=1S/C12H14O2/c1-9(2)8-11(13)12(14)10-6-4-3-5-7-10/h3-7,12,14H,1,8H2,2H3. The van der Waals surface area contributed by atoms with Gasteiger partial charge in [-0.25, -0.2) is 0 Å². The number of aliphatic hydroxyl groups is 1. The number of Topliss-reactive ketones (excluding diaryl/α,β-unsaturated/α-hetero) is 1. The molecule has 74 valence electrons. The van der Waals surface area contributed by atoms with E-state index < -0.39 is 6.10 Å². The van der Waals surface area contributed by atoms with Crippen molar-refractivity contribution in [2.24, 2.45) is 0 Å². The van der Waals surface area contributed by atoms with Gasteiger partial charge in [-0.1, -0.05) is 42.5 Å². The predicted octanol–water partition coefficient (Wildman–Crippen LogP) is 2.26. The zero-order valence-electron chi connectivity index (χ0n) is 8.23. The van der Waals surface area contributed by atoms with Crippen molar-refractivity contribution < 1.29 is 9.90 Å². The van der Waals surface area contributed by atoms with Gasteiger partial charge in [0.15, 0.2) is 5.78 Å². The molecule has 0 fully saturated rings. The van der Waals surface area contributed by atoms with Crippen LogP contribution in [-0.4, -0.2) is 10.9 Å². The fourth-order valence-corrected chi connectivity index (χ4v) is 1.22. The van der Waals surface area contributed by atoms with E-state index in [0.717, 1.165) is 5.57 Å². The molecule has 0 aliphatic carbocycles. The molecule has 0 aliphatic rings. The summed E-state index contributed by atoms with van der Waals surface area (Å²) in [5, 5.41) is 9.65. The monoisotopic (exact) mass is 190 g/mol. The Bertz CT molecular complexity index is 327. The van der Waals surface area contributed by atoms with Gasteiger partial charge in [0.1, 0.15) is 6.10 Å². The van der Waals surface area contributed by atoms with Crippen LogP contribution in [0.3, 0.4) is 0 Å². The molecule has 1 rings (SSSR count). The number of hydrogen-bond donors (Lipinski definition) is 1. The first-order valence-electron chi connectivity index (χ1n) is 4.51. The first-order chi connectivity index (χ1) is 6.61. The van der Waals surface area contributed by atoms with Gasteiger partial charge in [-0.3, -0.25) is 4.79 Å². The molecule has 1 unspecified atom stereocenters. The van der Waals surface area contributed by atoms with Crippen molar-refractivity contribution in [3.63, 3.8) is 0 Å². The van der Waals surface area contributed by atoms with Crippen LogP contribution in [0.5, 0.6) is 0 Å². The van der Waals surface area contributed by atoms with Gasteiger partial charge >= 0.3 is 0 Å². The Balaban J connectivity index is 2.71. The highest BCUT2D eigenvalue weighted by atomic mass is 16.3. The van der Waals surface area contributed by atoms with Crippen molar-refractivity contribution in [2.45, 2.75) is 19.4 Å². The SMILES string of the molecule is C=C(C)CC(=O)C(O)c1ccccc1. The lowest BCUT2D eigenvalue weighted by Gasteiger charge is -2.09. The minimum atomic E-state index is -1.02. The van der Waals surface area contributed by atoms with E-state index in [1.54, 1.807) is 31.2 Å². The van der Waals surface area contributed by atoms with Crippen LogP contribution in [0.25, 0.3) is 0 Å². The maximum absolute atomic E-state index is 11.4. The molecule has 1 N–H and O–H groups in total. The predicted molar refractivity (Wildman–Crippen MR) is 55.8 cm³/mol. The van der Waals surface area contributed by atoms with Crippen LogP contribution in [0.4, 0.5) is 0 Å². The van der Waals surface area contributed by atoms with Gasteiger partial charge in [0.2, 0.25) is 0 Å². The normalized spacial score (nSPS) is 12.1. The molecule has 2 heteroatoms. The summed E-state index contributed by atoms with van der Waals surface area (Å²) in [6, 6.07) is 8.92. The number of aliphatic hydroxyl groups excluding tert-OH is 1. The van der Waals surface area contributed by atoms with E-state index in [1.807, 2.05) is 6.07 Å².